The summed E-state index contributed by atoms with van der Waals surface area (Å²) in [6.07, 6.45) is 3.41. The zero-order valence-electron chi connectivity index (χ0n) is 11.9. The molecule has 1 amide bonds. The lowest BCUT2D eigenvalue weighted by Crippen LogP contribution is -2.21. The zero-order chi connectivity index (χ0) is 15.5. The quantitative estimate of drug-likeness (QED) is 0.907. The lowest BCUT2D eigenvalue weighted by molar-refractivity contribution is -0.141. The molecule has 1 aliphatic carbocycles. The molecule has 0 radical (unpaired) electrons. The largest absolute Gasteiger partial charge is 0.481 e. The molecule has 2 atom stereocenters. The van der Waals surface area contributed by atoms with E-state index < -0.39 is 5.97 Å². The summed E-state index contributed by atoms with van der Waals surface area (Å²) >= 11 is 1.57. The van der Waals surface area contributed by atoms with Crippen molar-refractivity contribution in [2.75, 3.05) is 5.32 Å². The van der Waals surface area contributed by atoms with Crippen molar-refractivity contribution in [2.24, 2.45) is 11.8 Å². The van der Waals surface area contributed by atoms with Gasteiger partial charge >= 0.3 is 5.97 Å². The van der Waals surface area contributed by atoms with Gasteiger partial charge in [-0.3, -0.25) is 9.59 Å². The topological polar surface area (TPSA) is 79.3 Å². The van der Waals surface area contributed by atoms with Crippen molar-refractivity contribution >= 4 is 28.9 Å². The Morgan fingerprint density at radius 2 is 1.91 bits per heavy atom. The molecule has 2 aromatic rings. The number of amides is 1. The first-order valence-corrected chi connectivity index (χ1v) is 8.05. The number of carbonyl (C=O) groups excluding carboxylic acids is 1. The molecule has 114 valence electrons. The van der Waals surface area contributed by atoms with E-state index in [-0.39, 0.29) is 17.7 Å². The van der Waals surface area contributed by atoms with E-state index in [2.05, 4.69) is 10.3 Å². The zero-order valence-corrected chi connectivity index (χ0v) is 12.7. The second-order valence-corrected chi connectivity index (χ2v) is 6.34. The molecule has 1 aromatic carbocycles. The van der Waals surface area contributed by atoms with Gasteiger partial charge in [-0.1, -0.05) is 0 Å². The maximum atomic E-state index is 12.2. The number of anilines is 1. The summed E-state index contributed by atoms with van der Waals surface area (Å²) in [6, 6.07) is 7.53. The highest BCUT2D eigenvalue weighted by atomic mass is 32.1. The van der Waals surface area contributed by atoms with Crippen molar-refractivity contribution in [3.63, 3.8) is 0 Å². The van der Waals surface area contributed by atoms with Crippen LogP contribution >= 0.6 is 11.3 Å². The molecule has 1 heterocycles. The average molecular weight is 316 g/mol. The normalized spacial score (nSPS) is 20.7. The standard InChI is InChI=1S/C16H16N2O3S/c19-14(11-1-2-12(9-11)16(20)21)18-13-5-3-10(4-6-13)15-17-7-8-22-15/h3-8,11-12H,1-2,9H2,(H,18,19)(H,20,21)/t11-,12+/m0/s1. The van der Waals surface area contributed by atoms with Crippen molar-refractivity contribution in [3.8, 4) is 10.6 Å². The molecular formula is C16H16N2O3S. The molecule has 0 saturated heterocycles. The highest BCUT2D eigenvalue weighted by Crippen LogP contribution is 2.32. The van der Waals surface area contributed by atoms with E-state index in [1.807, 2.05) is 29.6 Å². The Morgan fingerprint density at radius 3 is 2.50 bits per heavy atom. The fourth-order valence-corrected chi connectivity index (χ4v) is 3.39. The summed E-state index contributed by atoms with van der Waals surface area (Å²) in [7, 11) is 0. The molecule has 1 aliphatic rings. The van der Waals surface area contributed by atoms with E-state index in [1.54, 1.807) is 17.5 Å². The van der Waals surface area contributed by atoms with Crippen LogP contribution in [-0.2, 0) is 9.59 Å². The minimum Gasteiger partial charge on any atom is -0.481 e. The van der Waals surface area contributed by atoms with Gasteiger partial charge < -0.3 is 10.4 Å². The molecule has 22 heavy (non-hydrogen) atoms. The van der Waals surface area contributed by atoms with Gasteiger partial charge in [0.2, 0.25) is 5.91 Å². The van der Waals surface area contributed by atoms with Gasteiger partial charge in [0.1, 0.15) is 5.01 Å². The molecular weight excluding hydrogens is 300 g/mol. The molecule has 0 unspecified atom stereocenters. The SMILES string of the molecule is O=C(O)[C@@H]1CC[C@H](C(=O)Nc2ccc(-c3nccs3)cc2)C1. The van der Waals surface area contributed by atoms with Crippen LogP contribution in [0.2, 0.25) is 0 Å². The summed E-state index contributed by atoms with van der Waals surface area (Å²) in [5.74, 6) is -1.49. The minimum atomic E-state index is -0.803. The maximum Gasteiger partial charge on any atom is 0.306 e. The first-order valence-electron chi connectivity index (χ1n) is 7.17. The number of hydrogen-bond donors (Lipinski definition) is 2. The van der Waals surface area contributed by atoms with Gasteiger partial charge in [-0.2, -0.15) is 0 Å². The summed E-state index contributed by atoms with van der Waals surface area (Å²) in [5, 5.41) is 14.7. The first-order chi connectivity index (χ1) is 10.6. The molecule has 6 heteroatoms. The number of nitrogens with zero attached hydrogens (tertiary/aromatic N) is 1. The van der Waals surface area contributed by atoms with Gasteiger partial charge in [-0.05, 0) is 43.5 Å². The first kappa shape index (κ1) is 14.7. The number of rotatable bonds is 4. The van der Waals surface area contributed by atoms with Gasteiger partial charge in [0, 0.05) is 28.7 Å². The number of carbonyl (C=O) groups is 2. The predicted molar refractivity (Wildman–Crippen MR) is 84.6 cm³/mol. The summed E-state index contributed by atoms with van der Waals surface area (Å²) < 4.78 is 0. The number of carboxylic acids is 1. The number of aliphatic carboxylic acids is 1. The van der Waals surface area contributed by atoms with E-state index in [1.165, 1.54) is 0 Å². The average Bonchev–Trinajstić information content (AvgIpc) is 3.20. The van der Waals surface area contributed by atoms with Crippen LogP contribution < -0.4 is 5.32 Å². The molecule has 5 nitrogen and oxygen atoms in total. The van der Waals surface area contributed by atoms with Crippen LogP contribution in [0.4, 0.5) is 5.69 Å². The molecule has 1 aromatic heterocycles. The Kier molecular flexibility index (Phi) is 4.20. The van der Waals surface area contributed by atoms with E-state index in [9.17, 15) is 9.59 Å². The summed E-state index contributed by atoms with van der Waals surface area (Å²) in [6.45, 7) is 0. The monoisotopic (exact) mass is 316 g/mol. The molecule has 1 saturated carbocycles. The van der Waals surface area contributed by atoms with Crippen molar-refractivity contribution in [1.29, 1.82) is 0 Å². The fourth-order valence-electron chi connectivity index (χ4n) is 2.75. The van der Waals surface area contributed by atoms with Crippen LogP contribution in [0.5, 0.6) is 0 Å². The molecule has 0 bridgehead atoms. The van der Waals surface area contributed by atoms with Gasteiger partial charge in [0.05, 0.1) is 5.92 Å². The number of hydrogen-bond acceptors (Lipinski definition) is 4. The van der Waals surface area contributed by atoms with Crippen molar-refractivity contribution in [3.05, 3.63) is 35.8 Å². The highest BCUT2D eigenvalue weighted by molar-refractivity contribution is 7.13. The van der Waals surface area contributed by atoms with Crippen LogP contribution in [0.15, 0.2) is 35.8 Å². The Bertz CT molecular complexity index is 667. The Morgan fingerprint density at radius 1 is 1.18 bits per heavy atom. The van der Waals surface area contributed by atoms with Crippen LogP contribution in [0, 0.1) is 11.8 Å². The van der Waals surface area contributed by atoms with Crippen LogP contribution in [0.3, 0.4) is 0 Å². The lowest BCUT2D eigenvalue weighted by atomic mass is 10.0. The highest BCUT2D eigenvalue weighted by Gasteiger charge is 2.33. The molecule has 0 aliphatic heterocycles. The molecule has 0 spiro atoms. The van der Waals surface area contributed by atoms with Crippen molar-refractivity contribution in [2.45, 2.75) is 19.3 Å². The van der Waals surface area contributed by atoms with E-state index >= 15 is 0 Å². The number of nitrogens with one attached hydrogen (secondary N) is 1. The Balaban J connectivity index is 1.61. The number of carboxylic acid groups (broad SMARTS) is 1. The Hall–Kier alpha value is -2.21. The van der Waals surface area contributed by atoms with Gasteiger partial charge in [0.25, 0.3) is 0 Å². The van der Waals surface area contributed by atoms with Gasteiger partial charge in [-0.25, -0.2) is 4.98 Å². The van der Waals surface area contributed by atoms with Gasteiger partial charge in [-0.15, -0.1) is 11.3 Å². The van der Waals surface area contributed by atoms with Gasteiger partial charge in [0.15, 0.2) is 0 Å². The van der Waals surface area contributed by atoms with E-state index in [4.69, 9.17) is 5.11 Å². The minimum absolute atomic E-state index is 0.0919. The third kappa shape index (κ3) is 3.17. The smallest absolute Gasteiger partial charge is 0.306 e. The third-order valence-electron chi connectivity index (χ3n) is 3.98. The summed E-state index contributed by atoms with van der Waals surface area (Å²) in [5.41, 5.74) is 1.74. The van der Waals surface area contributed by atoms with Crippen molar-refractivity contribution in [1.82, 2.24) is 4.98 Å². The predicted octanol–water partition coefficient (Wildman–Crippen LogP) is 3.25. The lowest BCUT2D eigenvalue weighted by Gasteiger charge is -2.11. The molecule has 3 rings (SSSR count). The van der Waals surface area contributed by atoms with Crippen molar-refractivity contribution < 1.29 is 14.7 Å². The number of benzene rings is 1. The van der Waals surface area contributed by atoms with Crippen LogP contribution in [0.1, 0.15) is 19.3 Å². The van der Waals surface area contributed by atoms with E-state index in [0.717, 1.165) is 16.3 Å². The number of aromatic nitrogens is 1. The van der Waals surface area contributed by atoms with Crippen LogP contribution in [0.25, 0.3) is 10.6 Å². The molecule has 2 N–H and O–H groups in total. The fraction of sp³-hybridized carbons (Fsp3) is 0.312. The second kappa shape index (κ2) is 6.27. The molecule has 1 fully saturated rings. The van der Waals surface area contributed by atoms with E-state index in [0.29, 0.717) is 19.3 Å². The second-order valence-electron chi connectivity index (χ2n) is 5.45. The maximum absolute atomic E-state index is 12.2. The summed E-state index contributed by atoms with van der Waals surface area (Å²) in [4.78, 5) is 27.4. The number of thiazole rings is 1. The van der Waals surface area contributed by atoms with Crippen LogP contribution in [-0.4, -0.2) is 22.0 Å². The third-order valence-corrected chi connectivity index (χ3v) is 4.81. The Labute approximate surface area is 132 Å².